The molecule has 0 amide bonds. The van der Waals surface area contributed by atoms with Crippen molar-refractivity contribution in [3.05, 3.63) is 65.3 Å². The lowest BCUT2D eigenvalue weighted by molar-refractivity contribution is 0.486. The van der Waals surface area contributed by atoms with Crippen molar-refractivity contribution in [2.75, 3.05) is 0 Å². The fraction of sp³-hybridized carbons (Fsp3) is 0. The monoisotopic (exact) mass is 297 g/mol. The fourth-order valence-corrected chi connectivity index (χ4v) is 2.31. The van der Waals surface area contributed by atoms with E-state index >= 15 is 0 Å². The summed E-state index contributed by atoms with van der Waals surface area (Å²) < 4.78 is 5.90. The Hall–Kier alpha value is -2.59. The van der Waals surface area contributed by atoms with Crippen molar-refractivity contribution >= 4 is 28.3 Å². The van der Waals surface area contributed by atoms with E-state index in [1.165, 1.54) is 0 Å². The smallest absolute Gasteiger partial charge is 0.153 e. The molecule has 0 bridgehead atoms. The van der Waals surface area contributed by atoms with E-state index in [4.69, 9.17) is 27.5 Å². The van der Waals surface area contributed by atoms with E-state index in [-0.39, 0.29) is 5.84 Å². The first-order valence-corrected chi connectivity index (χ1v) is 6.69. The van der Waals surface area contributed by atoms with Crippen molar-refractivity contribution in [1.82, 2.24) is 4.98 Å². The topological polar surface area (TPSA) is 72.0 Å². The van der Waals surface area contributed by atoms with Crippen LogP contribution in [0.2, 0.25) is 5.02 Å². The molecular formula is C16H12ClN3O. The van der Waals surface area contributed by atoms with Crippen molar-refractivity contribution in [2.24, 2.45) is 5.73 Å². The van der Waals surface area contributed by atoms with Gasteiger partial charge in [0.1, 0.15) is 17.1 Å². The molecule has 0 radical (unpaired) electrons. The van der Waals surface area contributed by atoms with Crippen LogP contribution < -0.4 is 10.5 Å². The summed E-state index contributed by atoms with van der Waals surface area (Å²) in [7, 11) is 0. The zero-order chi connectivity index (χ0) is 14.8. The summed E-state index contributed by atoms with van der Waals surface area (Å²) in [5, 5.41) is 9.03. The molecule has 0 saturated heterocycles. The van der Waals surface area contributed by atoms with Crippen LogP contribution in [0.4, 0.5) is 0 Å². The summed E-state index contributed by atoms with van der Waals surface area (Å²) >= 11 is 6.16. The van der Waals surface area contributed by atoms with E-state index in [1.807, 2.05) is 24.3 Å². The lowest BCUT2D eigenvalue weighted by Gasteiger charge is -2.12. The van der Waals surface area contributed by atoms with Gasteiger partial charge in [-0.05, 0) is 36.4 Å². The maximum atomic E-state index is 7.60. The number of para-hydroxylation sites is 1. The molecule has 104 valence electrons. The molecule has 0 unspecified atom stereocenters. The van der Waals surface area contributed by atoms with Crippen LogP contribution in [0.5, 0.6) is 11.5 Å². The molecule has 4 nitrogen and oxygen atoms in total. The van der Waals surface area contributed by atoms with E-state index in [0.717, 1.165) is 5.39 Å². The highest BCUT2D eigenvalue weighted by Crippen LogP contribution is 2.33. The van der Waals surface area contributed by atoms with E-state index in [2.05, 4.69) is 4.98 Å². The maximum Gasteiger partial charge on any atom is 0.153 e. The van der Waals surface area contributed by atoms with Crippen LogP contribution in [0.15, 0.2) is 54.7 Å². The molecule has 3 aromatic rings. The molecule has 21 heavy (non-hydrogen) atoms. The second kappa shape index (κ2) is 5.42. The Morgan fingerprint density at radius 3 is 2.67 bits per heavy atom. The highest BCUT2D eigenvalue weighted by Gasteiger charge is 2.11. The predicted molar refractivity (Wildman–Crippen MR) is 84.3 cm³/mol. The van der Waals surface area contributed by atoms with Crippen molar-refractivity contribution in [3.8, 4) is 11.5 Å². The number of aromatic nitrogens is 1. The lowest BCUT2D eigenvalue weighted by Crippen LogP contribution is -2.12. The number of pyridine rings is 1. The van der Waals surface area contributed by atoms with Gasteiger partial charge in [-0.15, -0.1) is 0 Å². The third kappa shape index (κ3) is 2.53. The minimum atomic E-state index is -0.0446. The van der Waals surface area contributed by atoms with Crippen molar-refractivity contribution in [1.29, 1.82) is 5.41 Å². The Bertz CT molecular complexity index is 833. The lowest BCUT2D eigenvalue weighted by atomic mass is 10.1. The van der Waals surface area contributed by atoms with Gasteiger partial charge in [0, 0.05) is 11.6 Å². The number of hydrogen-bond donors (Lipinski definition) is 2. The molecule has 0 fully saturated rings. The quantitative estimate of drug-likeness (QED) is 0.567. The zero-order valence-corrected chi connectivity index (χ0v) is 11.8. The normalized spacial score (nSPS) is 10.5. The molecule has 5 heteroatoms. The van der Waals surface area contributed by atoms with Gasteiger partial charge in [0.25, 0.3) is 0 Å². The molecular weight excluding hydrogens is 286 g/mol. The van der Waals surface area contributed by atoms with Gasteiger partial charge < -0.3 is 10.5 Å². The molecule has 0 aliphatic heterocycles. The van der Waals surface area contributed by atoms with Crippen molar-refractivity contribution < 1.29 is 4.74 Å². The number of amidine groups is 1. The molecule has 0 atom stereocenters. The molecule has 2 aromatic carbocycles. The summed E-state index contributed by atoms with van der Waals surface area (Å²) in [6, 6.07) is 14.4. The maximum absolute atomic E-state index is 7.60. The molecule has 0 aliphatic rings. The molecule has 0 aliphatic carbocycles. The van der Waals surface area contributed by atoms with Crippen LogP contribution in [0.1, 0.15) is 5.56 Å². The van der Waals surface area contributed by atoms with Crippen LogP contribution in [0.25, 0.3) is 10.9 Å². The van der Waals surface area contributed by atoms with Crippen LogP contribution >= 0.6 is 11.6 Å². The van der Waals surface area contributed by atoms with E-state index in [1.54, 1.807) is 30.5 Å². The molecule has 0 saturated carbocycles. The van der Waals surface area contributed by atoms with Gasteiger partial charge in [0.2, 0.25) is 0 Å². The Morgan fingerprint density at radius 2 is 1.86 bits per heavy atom. The van der Waals surface area contributed by atoms with Gasteiger partial charge in [-0.2, -0.15) is 0 Å². The van der Waals surface area contributed by atoms with Crippen LogP contribution in [-0.4, -0.2) is 10.8 Å². The number of nitrogens with one attached hydrogen (secondary N) is 1. The number of benzene rings is 2. The van der Waals surface area contributed by atoms with Gasteiger partial charge in [0.05, 0.1) is 10.6 Å². The number of nitrogens with two attached hydrogens (primary N) is 1. The summed E-state index contributed by atoms with van der Waals surface area (Å²) in [6.07, 6.45) is 1.68. The van der Waals surface area contributed by atoms with Gasteiger partial charge in [0.15, 0.2) is 5.75 Å². The SMILES string of the molecule is N=C(N)c1ccccc1Oc1ccc(Cl)c2cccnc12. The average molecular weight is 298 g/mol. The number of halogens is 1. The Labute approximate surface area is 126 Å². The highest BCUT2D eigenvalue weighted by molar-refractivity contribution is 6.35. The number of rotatable bonds is 3. The van der Waals surface area contributed by atoms with Crippen LogP contribution in [0, 0.1) is 5.41 Å². The third-order valence-electron chi connectivity index (χ3n) is 3.08. The first-order chi connectivity index (χ1) is 10.2. The number of nitrogens with zero attached hydrogens (tertiary/aromatic N) is 1. The standard InChI is InChI=1S/C16H12ClN3O/c17-12-7-8-14(15-10(12)5-3-9-20-15)21-13-6-2-1-4-11(13)16(18)19/h1-9H,(H3,18,19). The summed E-state index contributed by atoms with van der Waals surface area (Å²) in [5.41, 5.74) is 6.78. The molecule has 0 spiro atoms. The van der Waals surface area contributed by atoms with Gasteiger partial charge in [-0.3, -0.25) is 10.4 Å². The van der Waals surface area contributed by atoms with Gasteiger partial charge in [-0.1, -0.05) is 23.7 Å². The van der Waals surface area contributed by atoms with E-state index in [0.29, 0.717) is 27.6 Å². The minimum absolute atomic E-state index is 0.0446. The fourth-order valence-electron chi connectivity index (χ4n) is 2.09. The number of ether oxygens (including phenoxy) is 1. The Balaban J connectivity index is 2.11. The second-order valence-electron chi connectivity index (χ2n) is 4.46. The number of fused-ring (bicyclic) bond motifs is 1. The molecule has 3 rings (SSSR count). The largest absolute Gasteiger partial charge is 0.454 e. The Kier molecular flexibility index (Phi) is 3.46. The van der Waals surface area contributed by atoms with Crippen molar-refractivity contribution in [2.45, 2.75) is 0 Å². The average Bonchev–Trinajstić information content (AvgIpc) is 2.51. The first-order valence-electron chi connectivity index (χ1n) is 6.31. The van der Waals surface area contributed by atoms with Gasteiger partial charge >= 0.3 is 0 Å². The summed E-state index contributed by atoms with van der Waals surface area (Å²) in [6.45, 7) is 0. The van der Waals surface area contributed by atoms with E-state index in [9.17, 15) is 0 Å². The number of hydrogen-bond acceptors (Lipinski definition) is 3. The molecule has 1 heterocycles. The molecule has 1 aromatic heterocycles. The number of nitrogen functional groups attached to an aromatic ring is 1. The summed E-state index contributed by atoms with van der Waals surface area (Å²) in [5.74, 6) is 1.04. The second-order valence-corrected chi connectivity index (χ2v) is 4.86. The minimum Gasteiger partial charge on any atom is -0.454 e. The molecule has 3 N–H and O–H groups in total. The third-order valence-corrected chi connectivity index (χ3v) is 3.41. The first kappa shape index (κ1) is 13.4. The Morgan fingerprint density at radius 1 is 1.05 bits per heavy atom. The zero-order valence-electron chi connectivity index (χ0n) is 11.0. The van der Waals surface area contributed by atoms with Gasteiger partial charge in [-0.25, -0.2) is 0 Å². The van der Waals surface area contributed by atoms with Crippen LogP contribution in [-0.2, 0) is 0 Å². The van der Waals surface area contributed by atoms with Crippen molar-refractivity contribution in [3.63, 3.8) is 0 Å². The van der Waals surface area contributed by atoms with E-state index < -0.39 is 0 Å². The van der Waals surface area contributed by atoms with Crippen LogP contribution in [0.3, 0.4) is 0 Å². The predicted octanol–water partition coefficient (Wildman–Crippen LogP) is 3.96. The highest BCUT2D eigenvalue weighted by atomic mass is 35.5. The summed E-state index contributed by atoms with van der Waals surface area (Å²) in [4.78, 5) is 4.32.